The number of aliphatic hydroxyl groups excluding tert-OH is 1. The molecule has 0 aromatic heterocycles. The van der Waals surface area contributed by atoms with Crippen LogP contribution in [0.2, 0.25) is 10.0 Å². The zero-order valence-electron chi connectivity index (χ0n) is 16.4. The normalized spacial score (nSPS) is 22.4. The van der Waals surface area contributed by atoms with Gasteiger partial charge in [0.15, 0.2) is 0 Å². The SMILES string of the molecule is O=C(c1ccc(Cl)cc1)N1CCN([C@H]2CN(C(=O)c3ccc(Cl)cc3)C[C@@H]2O)CC1. The van der Waals surface area contributed by atoms with E-state index >= 15 is 0 Å². The first-order valence-electron chi connectivity index (χ1n) is 9.94. The number of piperazine rings is 1. The molecule has 2 fully saturated rings. The first kappa shape index (κ1) is 21.1. The van der Waals surface area contributed by atoms with Crippen molar-refractivity contribution in [3.05, 3.63) is 69.7 Å². The Bertz CT molecular complexity index is 912. The Hall–Kier alpha value is -2.12. The van der Waals surface area contributed by atoms with Crippen LogP contribution in [0, 0.1) is 0 Å². The lowest BCUT2D eigenvalue weighted by Gasteiger charge is -2.38. The van der Waals surface area contributed by atoms with Crippen LogP contribution in [0.4, 0.5) is 0 Å². The van der Waals surface area contributed by atoms with Crippen molar-refractivity contribution in [3.63, 3.8) is 0 Å². The van der Waals surface area contributed by atoms with Gasteiger partial charge in [0.05, 0.1) is 12.1 Å². The molecule has 30 heavy (non-hydrogen) atoms. The van der Waals surface area contributed by atoms with Crippen molar-refractivity contribution in [1.82, 2.24) is 14.7 Å². The topological polar surface area (TPSA) is 64.1 Å². The molecular formula is C22H23Cl2N3O3. The van der Waals surface area contributed by atoms with E-state index in [1.807, 2.05) is 4.90 Å². The minimum absolute atomic E-state index is 0.0159. The summed E-state index contributed by atoms with van der Waals surface area (Å²) in [5.74, 6) is -0.123. The zero-order valence-corrected chi connectivity index (χ0v) is 17.9. The highest BCUT2D eigenvalue weighted by Gasteiger charge is 2.39. The number of β-amino-alcohol motifs (C(OH)–C–C–N with tert-alkyl or cyclic N) is 1. The van der Waals surface area contributed by atoms with Crippen molar-refractivity contribution >= 4 is 35.0 Å². The van der Waals surface area contributed by atoms with Crippen molar-refractivity contribution in [2.24, 2.45) is 0 Å². The van der Waals surface area contributed by atoms with E-state index in [1.54, 1.807) is 53.4 Å². The second kappa shape index (κ2) is 8.94. The molecule has 2 aromatic rings. The van der Waals surface area contributed by atoms with E-state index in [0.717, 1.165) is 0 Å². The van der Waals surface area contributed by atoms with Crippen LogP contribution in [-0.4, -0.2) is 83.0 Å². The van der Waals surface area contributed by atoms with Crippen LogP contribution in [-0.2, 0) is 0 Å². The van der Waals surface area contributed by atoms with Crippen LogP contribution < -0.4 is 0 Å². The number of hydrogen-bond donors (Lipinski definition) is 1. The van der Waals surface area contributed by atoms with Gasteiger partial charge in [-0.3, -0.25) is 14.5 Å². The average Bonchev–Trinajstić information content (AvgIpc) is 3.15. The molecule has 0 aliphatic carbocycles. The van der Waals surface area contributed by atoms with Crippen LogP contribution in [0.25, 0.3) is 0 Å². The van der Waals surface area contributed by atoms with Gasteiger partial charge >= 0.3 is 0 Å². The summed E-state index contributed by atoms with van der Waals surface area (Å²) in [7, 11) is 0. The smallest absolute Gasteiger partial charge is 0.253 e. The Morgan fingerprint density at radius 2 is 1.20 bits per heavy atom. The highest BCUT2D eigenvalue weighted by Crippen LogP contribution is 2.22. The van der Waals surface area contributed by atoms with Crippen molar-refractivity contribution in [2.75, 3.05) is 39.3 Å². The lowest BCUT2D eigenvalue weighted by molar-refractivity contribution is 0.0376. The summed E-state index contributed by atoms with van der Waals surface area (Å²) in [6.07, 6.45) is -0.611. The van der Waals surface area contributed by atoms with Crippen LogP contribution in [0.15, 0.2) is 48.5 Å². The molecule has 2 heterocycles. The summed E-state index contributed by atoms with van der Waals surface area (Å²) in [4.78, 5) is 31.1. The number of likely N-dealkylation sites (tertiary alicyclic amines) is 1. The molecule has 0 bridgehead atoms. The molecule has 0 spiro atoms. The number of hydrogen-bond acceptors (Lipinski definition) is 4. The predicted molar refractivity (Wildman–Crippen MR) is 116 cm³/mol. The van der Waals surface area contributed by atoms with Gasteiger partial charge in [0.2, 0.25) is 0 Å². The maximum absolute atomic E-state index is 12.7. The van der Waals surface area contributed by atoms with Gasteiger partial charge in [-0.2, -0.15) is 0 Å². The predicted octanol–water partition coefficient (Wildman–Crippen LogP) is 2.64. The highest BCUT2D eigenvalue weighted by atomic mass is 35.5. The Balaban J connectivity index is 1.34. The molecule has 0 unspecified atom stereocenters. The van der Waals surface area contributed by atoms with Crippen LogP contribution in [0.5, 0.6) is 0 Å². The number of halogens is 2. The van der Waals surface area contributed by atoms with E-state index in [-0.39, 0.29) is 17.9 Å². The Morgan fingerprint density at radius 1 is 0.733 bits per heavy atom. The van der Waals surface area contributed by atoms with Crippen molar-refractivity contribution in [2.45, 2.75) is 12.1 Å². The first-order valence-corrected chi connectivity index (χ1v) is 10.7. The summed E-state index contributed by atoms with van der Waals surface area (Å²) in [6, 6.07) is 13.5. The first-order chi connectivity index (χ1) is 14.4. The third-order valence-electron chi connectivity index (χ3n) is 5.80. The number of rotatable bonds is 3. The molecule has 0 saturated carbocycles. The Labute approximate surface area is 185 Å². The van der Waals surface area contributed by atoms with Crippen molar-refractivity contribution < 1.29 is 14.7 Å². The number of benzene rings is 2. The number of aliphatic hydroxyl groups is 1. The minimum atomic E-state index is -0.611. The fourth-order valence-corrected chi connectivity index (χ4v) is 4.35. The summed E-state index contributed by atoms with van der Waals surface area (Å²) < 4.78 is 0. The standard InChI is InChI=1S/C22H23Cl2N3O3/c23-17-5-1-15(2-6-17)21(29)26-11-9-25(10-12-26)19-13-27(14-20(19)28)22(30)16-3-7-18(24)8-4-16/h1-8,19-20,28H,9-14H2/t19-,20-/m0/s1. The number of carbonyl (C=O) groups excluding carboxylic acids is 2. The van der Waals surface area contributed by atoms with Gasteiger partial charge in [0, 0.05) is 60.4 Å². The molecule has 2 aliphatic rings. The number of carbonyl (C=O) groups is 2. The minimum Gasteiger partial charge on any atom is -0.390 e. The molecule has 2 aliphatic heterocycles. The number of amides is 2. The van der Waals surface area contributed by atoms with Gasteiger partial charge < -0.3 is 14.9 Å². The van der Waals surface area contributed by atoms with Gasteiger partial charge in [0.1, 0.15) is 0 Å². The summed E-state index contributed by atoms with van der Waals surface area (Å²) in [6.45, 7) is 3.24. The maximum Gasteiger partial charge on any atom is 0.253 e. The summed E-state index contributed by atoms with van der Waals surface area (Å²) in [5, 5.41) is 11.8. The van der Waals surface area contributed by atoms with Gasteiger partial charge in [-0.25, -0.2) is 0 Å². The molecule has 8 heteroatoms. The lowest BCUT2D eigenvalue weighted by atomic mass is 10.1. The van der Waals surface area contributed by atoms with Crippen LogP contribution in [0.3, 0.4) is 0 Å². The van der Waals surface area contributed by atoms with Crippen LogP contribution >= 0.6 is 23.2 Å². The van der Waals surface area contributed by atoms with Gasteiger partial charge in [-0.1, -0.05) is 23.2 Å². The molecule has 1 N–H and O–H groups in total. The largest absolute Gasteiger partial charge is 0.390 e. The molecule has 4 rings (SSSR count). The molecule has 2 aromatic carbocycles. The van der Waals surface area contributed by atoms with E-state index in [4.69, 9.17) is 23.2 Å². The quantitative estimate of drug-likeness (QED) is 0.785. The van der Waals surface area contributed by atoms with E-state index < -0.39 is 6.10 Å². The second-order valence-corrected chi connectivity index (χ2v) is 8.56. The molecular weight excluding hydrogens is 425 g/mol. The Morgan fingerprint density at radius 3 is 1.70 bits per heavy atom. The molecule has 0 radical (unpaired) electrons. The van der Waals surface area contributed by atoms with E-state index in [1.165, 1.54) is 0 Å². The second-order valence-electron chi connectivity index (χ2n) is 7.69. The molecule has 2 amide bonds. The van der Waals surface area contributed by atoms with E-state index in [9.17, 15) is 14.7 Å². The number of nitrogens with zero attached hydrogens (tertiary/aromatic N) is 3. The highest BCUT2D eigenvalue weighted by molar-refractivity contribution is 6.31. The van der Waals surface area contributed by atoms with Gasteiger partial charge in [-0.15, -0.1) is 0 Å². The third-order valence-corrected chi connectivity index (χ3v) is 6.30. The Kier molecular flexibility index (Phi) is 6.29. The molecule has 2 atom stereocenters. The lowest BCUT2D eigenvalue weighted by Crippen LogP contribution is -2.54. The van der Waals surface area contributed by atoms with Crippen molar-refractivity contribution in [1.29, 1.82) is 0 Å². The van der Waals surface area contributed by atoms with Crippen molar-refractivity contribution in [3.8, 4) is 0 Å². The third kappa shape index (κ3) is 4.47. The zero-order chi connectivity index (χ0) is 21.3. The van der Waals surface area contributed by atoms with Crippen LogP contribution in [0.1, 0.15) is 20.7 Å². The maximum atomic E-state index is 12.7. The molecule has 6 nitrogen and oxygen atoms in total. The average molecular weight is 448 g/mol. The fraction of sp³-hybridized carbons (Fsp3) is 0.364. The fourth-order valence-electron chi connectivity index (χ4n) is 4.10. The summed E-state index contributed by atoms with van der Waals surface area (Å²) >= 11 is 11.8. The van der Waals surface area contributed by atoms with Gasteiger partial charge in [-0.05, 0) is 48.5 Å². The van der Waals surface area contributed by atoms with E-state index in [0.29, 0.717) is 60.4 Å². The monoisotopic (exact) mass is 447 g/mol. The van der Waals surface area contributed by atoms with E-state index in [2.05, 4.69) is 4.90 Å². The van der Waals surface area contributed by atoms with Gasteiger partial charge in [0.25, 0.3) is 11.8 Å². The molecule has 2 saturated heterocycles. The molecule has 158 valence electrons. The summed E-state index contributed by atoms with van der Waals surface area (Å²) in [5.41, 5.74) is 1.18.